The average Bonchev–Trinajstić information content (AvgIpc) is 2.16. The number of aromatic nitrogens is 1. The van der Waals surface area contributed by atoms with Crippen molar-refractivity contribution in [1.29, 1.82) is 0 Å². The molecule has 0 amide bonds. The minimum absolute atomic E-state index is 0.234. The highest BCUT2D eigenvalue weighted by molar-refractivity contribution is 5.40. The first-order valence-electron chi connectivity index (χ1n) is 3.99. The Labute approximate surface area is 72.8 Å². The van der Waals surface area contributed by atoms with Crippen LogP contribution in [-0.4, -0.2) is 24.7 Å². The van der Waals surface area contributed by atoms with Crippen LogP contribution in [0.1, 0.15) is 6.92 Å². The lowest BCUT2D eigenvalue weighted by Gasteiger charge is -2.11. The lowest BCUT2D eigenvalue weighted by atomic mass is 10.3. The summed E-state index contributed by atoms with van der Waals surface area (Å²) >= 11 is 0. The third-order valence-electron chi connectivity index (χ3n) is 1.68. The zero-order valence-corrected chi connectivity index (χ0v) is 7.45. The van der Waals surface area contributed by atoms with Crippen molar-refractivity contribution < 1.29 is 4.74 Å². The summed E-state index contributed by atoms with van der Waals surface area (Å²) in [6.45, 7) is 2.84. The maximum atomic E-state index is 5.09. The molecule has 0 aliphatic rings. The van der Waals surface area contributed by atoms with Gasteiger partial charge in [0.1, 0.15) is 0 Å². The van der Waals surface area contributed by atoms with E-state index in [1.807, 2.05) is 19.1 Å². The molecule has 3 nitrogen and oxygen atoms in total. The molecule has 0 spiro atoms. The van der Waals surface area contributed by atoms with Gasteiger partial charge in [0.2, 0.25) is 0 Å². The van der Waals surface area contributed by atoms with E-state index < -0.39 is 0 Å². The highest BCUT2D eigenvalue weighted by Crippen LogP contribution is 2.03. The van der Waals surface area contributed by atoms with E-state index in [0.29, 0.717) is 0 Å². The van der Waals surface area contributed by atoms with Crippen molar-refractivity contribution in [1.82, 2.24) is 4.98 Å². The van der Waals surface area contributed by atoms with Crippen molar-refractivity contribution in [2.45, 2.75) is 13.0 Å². The quantitative estimate of drug-likeness (QED) is 0.736. The molecule has 1 rings (SSSR count). The van der Waals surface area contributed by atoms with Gasteiger partial charge in [0, 0.05) is 31.7 Å². The number of pyridine rings is 1. The standard InChI is InChI=1S/C9H14N2O/c1-8(12-2)7-11-9-3-5-10-6-4-9/h3-6,8H,7H2,1-2H3,(H,10,11). The van der Waals surface area contributed by atoms with Crippen LogP contribution in [-0.2, 0) is 4.74 Å². The predicted molar refractivity (Wildman–Crippen MR) is 49.2 cm³/mol. The van der Waals surface area contributed by atoms with Gasteiger partial charge in [0.15, 0.2) is 0 Å². The lowest BCUT2D eigenvalue weighted by Crippen LogP contribution is -2.17. The van der Waals surface area contributed by atoms with E-state index in [4.69, 9.17) is 4.74 Å². The fraction of sp³-hybridized carbons (Fsp3) is 0.444. The number of methoxy groups -OCH3 is 1. The second-order valence-corrected chi connectivity index (χ2v) is 2.66. The summed E-state index contributed by atoms with van der Waals surface area (Å²) in [6.07, 6.45) is 3.76. The van der Waals surface area contributed by atoms with Crippen molar-refractivity contribution in [3.63, 3.8) is 0 Å². The monoisotopic (exact) mass is 166 g/mol. The summed E-state index contributed by atoms with van der Waals surface area (Å²) in [6, 6.07) is 3.87. The molecule has 0 aliphatic carbocycles. The fourth-order valence-corrected chi connectivity index (χ4v) is 0.815. The Kier molecular flexibility index (Phi) is 3.54. The summed E-state index contributed by atoms with van der Waals surface area (Å²) in [5.74, 6) is 0. The van der Waals surface area contributed by atoms with Gasteiger partial charge in [0.25, 0.3) is 0 Å². The molecule has 0 saturated carbocycles. The molecule has 0 aliphatic heterocycles. The minimum atomic E-state index is 0.234. The number of nitrogens with one attached hydrogen (secondary N) is 1. The molecule has 1 unspecified atom stereocenters. The molecule has 1 aromatic rings. The Bertz CT molecular complexity index is 213. The van der Waals surface area contributed by atoms with Gasteiger partial charge in [-0.25, -0.2) is 0 Å². The molecule has 0 aromatic carbocycles. The molecule has 0 radical (unpaired) electrons. The van der Waals surface area contributed by atoms with Crippen LogP contribution >= 0.6 is 0 Å². The molecule has 12 heavy (non-hydrogen) atoms. The molecule has 0 fully saturated rings. The summed E-state index contributed by atoms with van der Waals surface area (Å²) < 4.78 is 5.09. The second-order valence-electron chi connectivity index (χ2n) is 2.66. The number of ether oxygens (including phenoxy) is 1. The smallest absolute Gasteiger partial charge is 0.0715 e. The first kappa shape index (κ1) is 9.00. The van der Waals surface area contributed by atoms with Crippen LogP contribution in [0.4, 0.5) is 5.69 Å². The second kappa shape index (κ2) is 4.72. The highest BCUT2D eigenvalue weighted by Gasteiger charge is 1.97. The van der Waals surface area contributed by atoms with Gasteiger partial charge in [-0.3, -0.25) is 4.98 Å². The third kappa shape index (κ3) is 2.88. The maximum absolute atomic E-state index is 5.09. The zero-order valence-electron chi connectivity index (χ0n) is 7.45. The van der Waals surface area contributed by atoms with E-state index in [1.165, 1.54) is 0 Å². The van der Waals surface area contributed by atoms with E-state index in [9.17, 15) is 0 Å². The van der Waals surface area contributed by atoms with Crippen LogP contribution in [0.5, 0.6) is 0 Å². The van der Waals surface area contributed by atoms with E-state index in [1.54, 1.807) is 19.5 Å². The molecule has 0 saturated heterocycles. The normalized spacial score (nSPS) is 12.5. The number of hydrogen-bond donors (Lipinski definition) is 1. The molecule has 1 atom stereocenters. The highest BCUT2D eigenvalue weighted by atomic mass is 16.5. The van der Waals surface area contributed by atoms with Crippen LogP contribution in [0.3, 0.4) is 0 Å². The molecular formula is C9H14N2O. The SMILES string of the molecule is COC(C)CNc1ccncc1. The topological polar surface area (TPSA) is 34.1 Å². The zero-order chi connectivity index (χ0) is 8.81. The first-order chi connectivity index (χ1) is 5.83. The average molecular weight is 166 g/mol. The van der Waals surface area contributed by atoms with E-state index in [0.717, 1.165) is 12.2 Å². The van der Waals surface area contributed by atoms with Crippen molar-refractivity contribution in [2.75, 3.05) is 19.0 Å². The fourth-order valence-electron chi connectivity index (χ4n) is 0.815. The molecule has 1 aromatic heterocycles. The third-order valence-corrected chi connectivity index (χ3v) is 1.68. The Balaban J connectivity index is 2.33. The van der Waals surface area contributed by atoms with Crippen molar-refractivity contribution in [2.24, 2.45) is 0 Å². The largest absolute Gasteiger partial charge is 0.382 e. The molecule has 1 heterocycles. The molecule has 3 heteroatoms. The van der Waals surface area contributed by atoms with Gasteiger partial charge >= 0.3 is 0 Å². The van der Waals surface area contributed by atoms with Crippen LogP contribution in [0.25, 0.3) is 0 Å². The summed E-state index contributed by atoms with van der Waals surface area (Å²) in [4.78, 5) is 3.92. The van der Waals surface area contributed by atoms with Gasteiger partial charge in [-0.2, -0.15) is 0 Å². The number of nitrogens with zero attached hydrogens (tertiary/aromatic N) is 1. The van der Waals surface area contributed by atoms with Crippen molar-refractivity contribution in [3.05, 3.63) is 24.5 Å². The summed E-state index contributed by atoms with van der Waals surface area (Å²) in [5.41, 5.74) is 1.08. The molecule has 0 bridgehead atoms. The van der Waals surface area contributed by atoms with Gasteiger partial charge in [-0.1, -0.05) is 0 Å². The van der Waals surface area contributed by atoms with Crippen LogP contribution in [0.15, 0.2) is 24.5 Å². The summed E-state index contributed by atoms with van der Waals surface area (Å²) in [7, 11) is 1.71. The molecular weight excluding hydrogens is 152 g/mol. The van der Waals surface area contributed by atoms with Crippen LogP contribution in [0.2, 0.25) is 0 Å². The minimum Gasteiger partial charge on any atom is -0.382 e. The Morgan fingerprint density at radius 3 is 2.75 bits per heavy atom. The van der Waals surface area contributed by atoms with Crippen molar-refractivity contribution in [3.8, 4) is 0 Å². The maximum Gasteiger partial charge on any atom is 0.0715 e. The van der Waals surface area contributed by atoms with E-state index in [-0.39, 0.29) is 6.10 Å². The Morgan fingerprint density at radius 1 is 1.50 bits per heavy atom. The van der Waals surface area contributed by atoms with Gasteiger partial charge in [-0.05, 0) is 19.1 Å². The van der Waals surface area contributed by atoms with Crippen LogP contribution < -0.4 is 5.32 Å². The number of anilines is 1. The Morgan fingerprint density at radius 2 is 2.17 bits per heavy atom. The van der Waals surface area contributed by atoms with Crippen LogP contribution in [0, 0.1) is 0 Å². The first-order valence-corrected chi connectivity index (χ1v) is 3.99. The van der Waals surface area contributed by atoms with Gasteiger partial charge < -0.3 is 10.1 Å². The van der Waals surface area contributed by atoms with E-state index >= 15 is 0 Å². The summed E-state index contributed by atoms with van der Waals surface area (Å²) in [5, 5.41) is 3.23. The van der Waals surface area contributed by atoms with Gasteiger partial charge in [0.05, 0.1) is 6.10 Å². The lowest BCUT2D eigenvalue weighted by molar-refractivity contribution is 0.129. The van der Waals surface area contributed by atoms with E-state index in [2.05, 4.69) is 10.3 Å². The number of hydrogen-bond acceptors (Lipinski definition) is 3. The van der Waals surface area contributed by atoms with Gasteiger partial charge in [-0.15, -0.1) is 0 Å². The Hall–Kier alpha value is -1.09. The number of rotatable bonds is 4. The van der Waals surface area contributed by atoms with Crippen molar-refractivity contribution >= 4 is 5.69 Å². The predicted octanol–water partition coefficient (Wildman–Crippen LogP) is 1.53. The molecule has 1 N–H and O–H groups in total. The molecule has 66 valence electrons.